The Labute approximate surface area is 193 Å². The Morgan fingerprint density at radius 2 is 1.82 bits per heavy atom. The Morgan fingerprint density at radius 1 is 1.18 bits per heavy atom. The first-order chi connectivity index (χ1) is 15.7. The average molecular weight is 480 g/mol. The molecule has 33 heavy (non-hydrogen) atoms. The van der Waals surface area contributed by atoms with E-state index in [0.717, 1.165) is 35.8 Å². The second kappa shape index (κ2) is 9.56. The Bertz CT molecular complexity index is 1050. The van der Waals surface area contributed by atoms with Crippen molar-refractivity contribution >= 4 is 16.9 Å². The van der Waals surface area contributed by atoms with Crippen LogP contribution in [-0.2, 0) is 22.9 Å². The fraction of sp³-hybridized carbons (Fsp3) is 0.458. The molecule has 0 spiro atoms. The maximum absolute atomic E-state index is 14.8. The summed E-state index contributed by atoms with van der Waals surface area (Å²) in [4.78, 5) is 14.4. The highest BCUT2D eigenvalue weighted by molar-refractivity contribution is 7.82. The lowest BCUT2D eigenvalue weighted by molar-refractivity contribution is 0.0898. The Morgan fingerprint density at radius 3 is 2.36 bits per heavy atom. The number of likely N-dealkylation sites (tertiary alicyclic amines) is 1. The molecule has 2 fully saturated rings. The van der Waals surface area contributed by atoms with Gasteiger partial charge in [-0.05, 0) is 85.6 Å². The fourth-order valence-corrected chi connectivity index (χ4v) is 4.94. The van der Waals surface area contributed by atoms with Crippen molar-refractivity contribution in [2.45, 2.75) is 43.6 Å². The van der Waals surface area contributed by atoms with Crippen LogP contribution in [0.1, 0.15) is 58.6 Å². The molecule has 1 heterocycles. The van der Waals surface area contributed by atoms with Crippen LogP contribution in [-0.4, -0.2) is 45.5 Å². The summed E-state index contributed by atoms with van der Waals surface area (Å²) in [5.74, 6) is -2.11. The van der Waals surface area contributed by atoms with Gasteiger partial charge in [0.1, 0.15) is 22.6 Å². The molecule has 178 valence electrons. The number of carbonyl (C=O) groups excluding carboxylic acids is 1. The van der Waals surface area contributed by atoms with E-state index in [1.165, 1.54) is 24.3 Å². The first-order valence-corrected chi connectivity index (χ1v) is 12.5. The van der Waals surface area contributed by atoms with Crippen LogP contribution in [0, 0.1) is 16.8 Å². The molecule has 1 amide bonds. The zero-order chi connectivity index (χ0) is 23.8. The van der Waals surface area contributed by atoms with Gasteiger partial charge in [0, 0.05) is 18.2 Å². The largest absolute Gasteiger partial charge is 0.744 e. The van der Waals surface area contributed by atoms with Crippen molar-refractivity contribution in [3.8, 4) is 0 Å². The zero-order valence-electron chi connectivity index (χ0n) is 18.4. The van der Waals surface area contributed by atoms with E-state index in [1.807, 2.05) is 0 Å². The number of hydrogen-bond donors (Lipinski definition) is 0. The lowest BCUT2D eigenvalue weighted by Gasteiger charge is -2.41. The Balaban J connectivity index is 1.51. The SMILES string of the molecule is CS(=O)N([O-])C(=O)c1cc(C2CC2)c(CN2CCC(CF)(c3ccc(F)cc3)CC2)cc1F. The fourth-order valence-electron chi connectivity index (χ4n) is 4.60. The van der Waals surface area contributed by atoms with E-state index in [0.29, 0.717) is 32.5 Å². The molecule has 0 bridgehead atoms. The van der Waals surface area contributed by atoms with Crippen LogP contribution in [0.3, 0.4) is 0 Å². The van der Waals surface area contributed by atoms with Crippen LogP contribution in [0.2, 0.25) is 0 Å². The minimum atomic E-state index is -2.09. The van der Waals surface area contributed by atoms with Gasteiger partial charge < -0.3 is 9.68 Å². The summed E-state index contributed by atoms with van der Waals surface area (Å²) in [7, 11) is -2.09. The Kier molecular flexibility index (Phi) is 6.93. The third kappa shape index (κ3) is 5.00. The lowest BCUT2D eigenvalue weighted by Crippen LogP contribution is -2.43. The molecule has 1 aliphatic carbocycles. The van der Waals surface area contributed by atoms with E-state index in [1.54, 1.807) is 12.1 Å². The quantitative estimate of drug-likeness (QED) is 0.546. The molecule has 1 saturated heterocycles. The number of nitrogens with zero attached hydrogens (tertiary/aromatic N) is 2. The van der Waals surface area contributed by atoms with Crippen molar-refractivity contribution in [1.82, 2.24) is 9.37 Å². The van der Waals surface area contributed by atoms with Crippen LogP contribution in [0.25, 0.3) is 0 Å². The smallest absolute Gasteiger partial charge is 0.258 e. The molecule has 9 heteroatoms. The van der Waals surface area contributed by atoms with Gasteiger partial charge in [-0.15, -0.1) is 0 Å². The summed E-state index contributed by atoms with van der Waals surface area (Å²) < 4.78 is 53.3. The van der Waals surface area contributed by atoms with Gasteiger partial charge >= 0.3 is 0 Å². The summed E-state index contributed by atoms with van der Waals surface area (Å²) in [6, 6.07) is 8.71. The van der Waals surface area contributed by atoms with Crippen LogP contribution < -0.4 is 0 Å². The number of rotatable bonds is 7. The number of carbonyl (C=O) groups is 1. The van der Waals surface area contributed by atoms with Gasteiger partial charge in [-0.1, -0.05) is 12.1 Å². The molecule has 1 saturated carbocycles. The van der Waals surface area contributed by atoms with E-state index in [2.05, 4.69) is 4.90 Å². The molecule has 2 aromatic carbocycles. The van der Waals surface area contributed by atoms with Gasteiger partial charge in [-0.3, -0.25) is 14.1 Å². The van der Waals surface area contributed by atoms with Crippen molar-refractivity contribution in [3.63, 3.8) is 0 Å². The number of halogens is 3. The van der Waals surface area contributed by atoms with Gasteiger partial charge in [-0.25, -0.2) is 13.0 Å². The van der Waals surface area contributed by atoms with E-state index >= 15 is 0 Å². The topological polar surface area (TPSA) is 63.7 Å². The molecule has 1 atom stereocenters. The minimum absolute atomic E-state index is 0.202. The van der Waals surface area contributed by atoms with Crippen molar-refractivity contribution < 1.29 is 22.2 Å². The van der Waals surface area contributed by atoms with Gasteiger partial charge in [0.15, 0.2) is 0 Å². The molecule has 2 aromatic rings. The molecule has 0 aromatic heterocycles. The third-order valence-corrected chi connectivity index (χ3v) is 7.43. The van der Waals surface area contributed by atoms with Crippen LogP contribution in [0.15, 0.2) is 36.4 Å². The number of piperidine rings is 1. The highest BCUT2D eigenvalue weighted by Crippen LogP contribution is 2.43. The monoisotopic (exact) mass is 479 g/mol. The highest BCUT2D eigenvalue weighted by atomic mass is 32.2. The number of benzene rings is 2. The van der Waals surface area contributed by atoms with E-state index in [4.69, 9.17) is 0 Å². The van der Waals surface area contributed by atoms with Crippen molar-refractivity contribution in [3.05, 3.63) is 75.5 Å². The maximum Gasteiger partial charge on any atom is 0.258 e. The predicted molar refractivity (Wildman–Crippen MR) is 121 cm³/mol. The summed E-state index contributed by atoms with van der Waals surface area (Å²) in [6.07, 6.45) is 4.02. The summed E-state index contributed by atoms with van der Waals surface area (Å²) in [6.45, 7) is 1.10. The van der Waals surface area contributed by atoms with Crippen molar-refractivity contribution in [2.24, 2.45) is 0 Å². The third-order valence-electron chi connectivity index (χ3n) is 6.80. The summed E-state index contributed by atoms with van der Waals surface area (Å²) in [5, 5.41) is 11.8. The molecule has 1 unspecified atom stereocenters. The normalized spacial score (nSPS) is 19.3. The molecule has 2 aliphatic rings. The van der Waals surface area contributed by atoms with Crippen molar-refractivity contribution in [1.29, 1.82) is 0 Å². The molecule has 4 rings (SSSR count). The highest BCUT2D eigenvalue weighted by Gasteiger charge is 2.37. The summed E-state index contributed by atoms with van der Waals surface area (Å²) in [5.41, 5.74) is 1.34. The first-order valence-electron chi connectivity index (χ1n) is 11.0. The molecule has 0 radical (unpaired) electrons. The second-order valence-electron chi connectivity index (χ2n) is 8.99. The lowest BCUT2D eigenvalue weighted by atomic mass is 9.74. The number of hydroxylamine groups is 1. The number of hydrogen-bond acceptors (Lipinski definition) is 4. The van der Waals surface area contributed by atoms with E-state index in [-0.39, 0.29) is 21.8 Å². The zero-order valence-corrected chi connectivity index (χ0v) is 19.2. The van der Waals surface area contributed by atoms with E-state index in [9.17, 15) is 27.4 Å². The molecule has 5 nitrogen and oxygen atoms in total. The molecule has 1 aliphatic heterocycles. The minimum Gasteiger partial charge on any atom is -0.744 e. The van der Waals surface area contributed by atoms with Gasteiger partial charge in [-0.2, -0.15) is 0 Å². The number of amides is 1. The Hall–Kier alpha value is -2.23. The molecular formula is C24H26F3N2O3S-. The van der Waals surface area contributed by atoms with Gasteiger partial charge in [0.2, 0.25) is 0 Å². The van der Waals surface area contributed by atoms with E-state index < -0.39 is 34.8 Å². The van der Waals surface area contributed by atoms with Crippen LogP contribution in [0.4, 0.5) is 13.2 Å². The standard InChI is InChI=1S/C24H26F3N2O3S/c1-33(32)29(31)23(30)21-13-20(16-2-3-16)17(12-22(21)27)14-28-10-8-24(15-25,9-11-28)18-4-6-19(26)7-5-18/h4-7,12-13,16H,2-3,8-11,14-15H2,1H3/q-1. The summed E-state index contributed by atoms with van der Waals surface area (Å²) >= 11 is 0. The van der Waals surface area contributed by atoms with Crippen LogP contribution >= 0.6 is 0 Å². The van der Waals surface area contributed by atoms with Gasteiger partial charge in [0.05, 0.1) is 12.2 Å². The van der Waals surface area contributed by atoms with Crippen molar-refractivity contribution in [2.75, 3.05) is 26.0 Å². The van der Waals surface area contributed by atoms with Gasteiger partial charge in [0.25, 0.3) is 5.91 Å². The maximum atomic E-state index is 14.8. The molecule has 0 N–H and O–H groups in total. The van der Waals surface area contributed by atoms with Crippen LogP contribution in [0.5, 0.6) is 0 Å². The number of alkyl halides is 1. The first kappa shape index (κ1) is 23.9. The average Bonchev–Trinajstić information content (AvgIpc) is 3.65. The predicted octanol–water partition coefficient (Wildman–Crippen LogP) is 4.58. The molecular weight excluding hydrogens is 453 g/mol. The second-order valence-corrected chi connectivity index (χ2v) is 10.2.